The quantitative estimate of drug-likeness (QED) is 0.620. The van der Waals surface area contributed by atoms with Crippen molar-refractivity contribution in [2.24, 2.45) is 5.73 Å². The summed E-state index contributed by atoms with van der Waals surface area (Å²) in [6, 6.07) is -1.46. The molecule has 0 aromatic heterocycles. The van der Waals surface area contributed by atoms with Crippen LogP contribution in [0.1, 0.15) is 6.42 Å². The lowest BCUT2D eigenvalue weighted by Crippen LogP contribution is -2.39. The van der Waals surface area contributed by atoms with Crippen LogP contribution in [0.5, 0.6) is 0 Å². The van der Waals surface area contributed by atoms with E-state index in [1.165, 1.54) is 0 Å². The van der Waals surface area contributed by atoms with E-state index in [0.717, 1.165) is 0 Å². The molecular formula is C7H8Cl2F3NO4S2. The summed E-state index contributed by atoms with van der Waals surface area (Å²) in [5.74, 6) is 0. The highest BCUT2D eigenvalue weighted by Crippen LogP contribution is 2.30. The number of alkyl halides is 3. The van der Waals surface area contributed by atoms with Crippen LogP contribution in [0, 0.1) is 0 Å². The second-order valence-electron chi connectivity index (χ2n) is 3.14. The van der Waals surface area contributed by atoms with Crippen molar-refractivity contribution in [3.8, 4) is 0 Å². The maximum atomic E-state index is 12.5. The lowest BCUT2D eigenvalue weighted by molar-refractivity contribution is -0.0863. The standard InChI is InChI=1S/C7H6F3NO4S2.2ClH/c8-7(9,10)3-1-4(11)6(17(14)15)2-5(3)16(12)13;;/h1,4H,2,11H2;2*1H. The van der Waals surface area contributed by atoms with E-state index in [1.807, 2.05) is 0 Å². The largest absolute Gasteiger partial charge is 0.417 e. The summed E-state index contributed by atoms with van der Waals surface area (Å²) in [6.07, 6.45) is -5.35. The van der Waals surface area contributed by atoms with Gasteiger partial charge in [0.05, 0.1) is 21.3 Å². The summed E-state index contributed by atoms with van der Waals surface area (Å²) >= 11 is 0. The number of rotatable bonds is 0. The first kappa shape index (κ1) is 20.8. The third kappa shape index (κ3) is 4.80. The summed E-state index contributed by atoms with van der Waals surface area (Å²) in [4.78, 5) is -1.50. The third-order valence-electron chi connectivity index (χ3n) is 2.07. The maximum Gasteiger partial charge on any atom is 0.417 e. The Morgan fingerprint density at radius 2 is 1.58 bits per heavy atom. The Kier molecular flexibility index (Phi) is 7.97. The van der Waals surface area contributed by atoms with E-state index in [9.17, 15) is 30.0 Å². The molecule has 5 nitrogen and oxygen atoms in total. The summed E-state index contributed by atoms with van der Waals surface area (Å²) in [5.41, 5.74) is 3.80. The number of halogens is 5. The predicted octanol–water partition coefficient (Wildman–Crippen LogP) is 0.153. The van der Waals surface area contributed by atoms with Gasteiger partial charge in [-0.15, -0.1) is 24.8 Å². The van der Waals surface area contributed by atoms with Crippen LogP contribution in [0.3, 0.4) is 0 Å². The van der Waals surface area contributed by atoms with Gasteiger partial charge in [-0.3, -0.25) is 0 Å². The smallest absolute Gasteiger partial charge is 0.320 e. The molecule has 1 unspecified atom stereocenters. The van der Waals surface area contributed by atoms with Gasteiger partial charge in [0.2, 0.25) is 20.6 Å². The topological polar surface area (TPSA) is 94.3 Å². The molecule has 0 amide bonds. The minimum Gasteiger partial charge on any atom is -0.320 e. The average Bonchev–Trinajstić information content (AvgIpc) is 2.14. The third-order valence-corrected chi connectivity index (χ3v) is 3.69. The first-order valence-corrected chi connectivity index (χ1v) is 6.24. The Balaban J connectivity index is 0. The van der Waals surface area contributed by atoms with Crippen LogP contribution in [-0.4, -0.2) is 38.8 Å². The van der Waals surface area contributed by atoms with Gasteiger partial charge < -0.3 is 5.73 Å². The van der Waals surface area contributed by atoms with E-state index >= 15 is 0 Å². The van der Waals surface area contributed by atoms with Gasteiger partial charge in [0, 0.05) is 6.42 Å². The van der Waals surface area contributed by atoms with Gasteiger partial charge in [0.15, 0.2) is 0 Å². The van der Waals surface area contributed by atoms with E-state index < -0.39 is 54.5 Å². The van der Waals surface area contributed by atoms with Crippen molar-refractivity contribution in [1.82, 2.24) is 0 Å². The molecule has 0 heterocycles. The van der Waals surface area contributed by atoms with Crippen LogP contribution in [0.15, 0.2) is 11.6 Å². The highest BCUT2D eigenvalue weighted by molar-refractivity contribution is 7.75. The molecule has 1 aliphatic carbocycles. The van der Waals surface area contributed by atoms with Gasteiger partial charge in [-0.05, 0) is 6.08 Å². The molecule has 19 heavy (non-hydrogen) atoms. The first-order chi connectivity index (χ1) is 7.64. The summed E-state index contributed by atoms with van der Waals surface area (Å²) in [5, 5.41) is 0. The molecule has 0 saturated heterocycles. The van der Waals surface area contributed by atoms with Crippen molar-refractivity contribution in [3.63, 3.8) is 0 Å². The molecule has 0 aliphatic heterocycles. The zero-order valence-corrected chi connectivity index (χ0v) is 12.1. The number of allylic oxidation sites excluding steroid dienone is 1. The van der Waals surface area contributed by atoms with Crippen LogP contribution in [0.2, 0.25) is 0 Å². The fourth-order valence-corrected chi connectivity index (χ4v) is 2.59. The number of hydrogen-bond acceptors (Lipinski definition) is 5. The molecule has 1 aliphatic rings. The van der Waals surface area contributed by atoms with Gasteiger partial charge in [-0.1, -0.05) is 0 Å². The van der Waals surface area contributed by atoms with Gasteiger partial charge in [-0.2, -0.15) is 30.0 Å². The van der Waals surface area contributed by atoms with Crippen molar-refractivity contribution in [1.29, 1.82) is 0 Å². The normalized spacial score (nSPS) is 18.9. The molecule has 1 atom stereocenters. The first-order valence-electron chi connectivity index (χ1n) is 4.09. The summed E-state index contributed by atoms with van der Waals surface area (Å²) in [6.45, 7) is 0. The zero-order valence-electron chi connectivity index (χ0n) is 8.84. The summed E-state index contributed by atoms with van der Waals surface area (Å²) in [7, 11) is -5.98. The SMILES string of the molecule is Cl.Cl.NC1C=C(C(F)(F)F)C(=S(=O)=O)CC1=S(=O)=O. The Bertz CT molecular complexity index is 632. The number of hydrogen-bond donors (Lipinski definition) is 1. The van der Waals surface area contributed by atoms with Crippen LogP contribution in [0.25, 0.3) is 0 Å². The summed E-state index contributed by atoms with van der Waals surface area (Å²) < 4.78 is 80.0. The highest BCUT2D eigenvalue weighted by Gasteiger charge is 2.41. The Hall–Kier alpha value is -0.550. The molecule has 0 aromatic carbocycles. The van der Waals surface area contributed by atoms with Crippen molar-refractivity contribution in [2.45, 2.75) is 18.6 Å². The second-order valence-corrected chi connectivity index (χ2v) is 5.10. The molecule has 0 spiro atoms. The fraction of sp³-hybridized carbons (Fsp3) is 0.429. The van der Waals surface area contributed by atoms with Crippen molar-refractivity contribution >= 4 is 55.1 Å². The van der Waals surface area contributed by atoms with E-state index in [2.05, 4.69) is 0 Å². The van der Waals surface area contributed by atoms with Gasteiger partial charge in [0.1, 0.15) is 0 Å². The molecule has 2 N–H and O–H groups in total. The Morgan fingerprint density at radius 1 is 1.11 bits per heavy atom. The van der Waals surface area contributed by atoms with E-state index in [1.54, 1.807) is 0 Å². The molecule has 1 rings (SSSR count). The average molecular weight is 362 g/mol. The molecule has 0 saturated carbocycles. The van der Waals surface area contributed by atoms with Crippen LogP contribution < -0.4 is 5.73 Å². The lowest BCUT2D eigenvalue weighted by Gasteiger charge is -2.20. The second kappa shape index (κ2) is 7.29. The van der Waals surface area contributed by atoms with Crippen molar-refractivity contribution in [2.75, 3.05) is 0 Å². The highest BCUT2D eigenvalue weighted by atomic mass is 35.5. The van der Waals surface area contributed by atoms with Gasteiger partial charge >= 0.3 is 6.18 Å². The predicted molar refractivity (Wildman–Crippen MR) is 69.1 cm³/mol. The molecule has 0 bridgehead atoms. The molecule has 112 valence electrons. The molecule has 0 radical (unpaired) electrons. The number of nitrogens with two attached hydrogens (primary N) is 1. The lowest BCUT2D eigenvalue weighted by atomic mass is 9.95. The minimum atomic E-state index is -4.89. The molecule has 0 fully saturated rings. The molecule has 0 aromatic rings. The monoisotopic (exact) mass is 361 g/mol. The van der Waals surface area contributed by atoms with Gasteiger partial charge in [-0.25, -0.2) is 0 Å². The van der Waals surface area contributed by atoms with Crippen LogP contribution in [-0.2, 0) is 20.6 Å². The van der Waals surface area contributed by atoms with E-state index in [-0.39, 0.29) is 24.8 Å². The van der Waals surface area contributed by atoms with E-state index in [4.69, 9.17) is 5.73 Å². The van der Waals surface area contributed by atoms with Crippen LogP contribution in [0.4, 0.5) is 13.2 Å². The maximum absolute atomic E-state index is 12.5. The molecular weight excluding hydrogens is 354 g/mol. The zero-order chi connectivity index (χ0) is 13.4. The Morgan fingerprint density at radius 3 is 1.89 bits per heavy atom. The fourth-order valence-electron chi connectivity index (χ4n) is 1.31. The Labute approximate surface area is 121 Å². The van der Waals surface area contributed by atoms with Crippen molar-refractivity contribution in [3.05, 3.63) is 11.6 Å². The van der Waals surface area contributed by atoms with Crippen LogP contribution >= 0.6 is 24.8 Å². The minimum absolute atomic E-state index is 0. The molecule has 12 heteroatoms. The van der Waals surface area contributed by atoms with Crippen molar-refractivity contribution < 1.29 is 30.0 Å². The van der Waals surface area contributed by atoms with Gasteiger partial charge in [0.25, 0.3) is 0 Å². The van der Waals surface area contributed by atoms with E-state index in [0.29, 0.717) is 6.08 Å².